The number of hydrogen-bond acceptors (Lipinski definition) is 4. The first-order chi connectivity index (χ1) is 9.58. The van der Waals surface area contributed by atoms with Gasteiger partial charge in [0.2, 0.25) is 5.88 Å². The van der Waals surface area contributed by atoms with Gasteiger partial charge in [0.15, 0.2) is 6.61 Å². The van der Waals surface area contributed by atoms with Crippen molar-refractivity contribution < 1.29 is 13.5 Å². The van der Waals surface area contributed by atoms with Crippen LogP contribution in [0.1, 0.15) is 26.3 Å². The predicted octanol–water partition coefficient (Wildman–Crippen LogP) is 3.51. The van der Waals surface area contributed by atoms with E-state index in [1.807, 2.05) is 13.8 Å². The van der Waals surface area contributed by atoms with Gasteiger partial charge in [-0.3, -0.25) is 0 Å². The van der Waals surface area contributed by atoms with Crippen molar-refractivity contribution in [1.29, 1.82) is 0 Å². The van der Waals surface area contributed by atoms with Gasteiger partial charge in [-0.15, -0.1) is 0 Å². The Kier molecular flexibility index (Phi) is 4.04. The van der Waals surface area contributed by atoms with Gasteiger partial charge in [-0.25, -0.2) is 18.7 Å². The van der Waals surface area contributed by atoms with Crippen LogP contribution in [0, 0.1) is 0 Å². The molecule has 0 aliphatic heterocycles. The summed E-state index contributed by atoms with van der Waals surface area (Å²) < 4.78 is 31.0. The maximum atomic E-state index is 12.9. The highest BCUT2D eigenvalue weighted by Gasteiger charge is 2.24. The van der Waals surface area contributed by atoms with Gasteiger partial charge in [-0.2, -0.15) is 0 Å². The van der Waals surface area contributed by atoms with E-state index in [4.69, 9.17) is 22.1 Å². The van der Waals surface area contributed by atoms with Crippen LogP contribution < -0.4 is 10.5 Å². The fraction of sp³-hybridized carbons (Fsp3) is 0.429. The lowest BCUT2D eigenvalue weighted by Crippen LogP contribution is -2.29. The van der Waals surface area contributed by atoms with E-state index in [-0.39, 0.29) is 11.0 Å². The Balaban J connectivity index is 2.55. The summed E-state index contributed by atoms with van der Waals surface area (Å²) in [6, 6.07) is 1.62. The quantitative estimate of drug-likeness (QED) is 0.877. The summed E-state index contributed by atoms with van der Waals surface area (Å²) in [5.74, 6) is -2.86. The number of hydrogen-bond donors (Lipinski definition) is 1. The summed E-state index contributed by atoms with van der Waals surface area (Å²) in [7, 11) is 0. The molecule has 0 saturated heterocycles. The van der Waals surface area contributed by atoms with E-state index in [2.05, 4.69) is 9.97 Å². The first kappa shape index (κ1) is 15.9. The van der Waals surface area contributed by atoms with Gasteiger partial charge in [0.1, 0.15) is 5.15 Å². The summed E-state index contributed by atoms with van der Waals surface area (Å²) in [6.45, 7) is 3.65. The Morgan fingerprint density at radius 3 is 2.43 bits per heavy atom. The Hall–Kier alpha value is -1.53. The molecule has 21 heavy (non-hydrogen) atoms. The lowest BCUT2D eigenvalue weighted by molar-refractivity contribution is -0.0237. The lowest BCUT2D eigenvalue weighted by Gasteiger charge is -2.22. The summed E-state index contributed by atoms with van der Waals surface area (Å²) in [4.78, 5) is 8.04. The number of ether oxygens (including phenoxy) is 1. The molecule has 0 bridgehead atoms. The number of aromatic nitrogens is 2. The minimum absolute atomic E-state index is 0.0868. The highest BCUT2D eigenvalue weighted by Crippen LogP contribution is 2.32. The van der Waals surface area contributed by atoms with Crippen LogP contribution in [0.4, 0.5) is 8.78 Å². The number of halogens is 3. The standard InChI is InChI=1S/C14H16ClF2N3O/c1-13(2,18)10-6-20-12(21-7-14(3,16)17)9-5-19-11(15)4-8(9)10/h4-6H,7,18H2,1-3H3. The van der Waals surface area contributed by atoms with Crippen molar-refractivity contribution in [2.24, 2.45) is 5.73 Å². The van der Waals surface area contributed by atoms with Crippen LogP contribution in [0.5, 0.6) is 5.88 Å². The molecule has 0 fully saturated rings. The highest BCUT2D eigenvalue weighted by atomic mass is 35.5. The molecule has 2 heterocycles. The average molecular weight is 316 g/mol. The summed E-state index contributed by atoms with van der Waals surface area (Å²) in [5.41, 5.74) is 6.17. The molecule has 0 spiro atoms. The fourth-order valence-corrected chi connectivity index (χ4v) is 2.07. The van der Waals surface area contributed by atoms with E-state index in [1.54, 1.807) is 6.07 Å². The zero-order chi connectivity index (χ0) is 15.8. The zero-order valence-electron chi connectivity index (χ0n) is 12.0. The second-order valence-electron chi connectivity index (χ2n) is 5.61. The molecule has 0 radical (unpaired) electrons. The van der Waals surface area contributed by atoms with E-state index >= 15 is 0 Å². The maximum Gasteiger partial charge on any atom is 0.278 e. The fourth-order valence-electron chi connectivity index (χ4n) is 1.91. The Bertz CT molecular complexity index is 666. The predicted molar refractivity (Wildman–Crippen MR) is 77.9 cm³/mol. The molecule has 0 atom stereocenters. The van der Waals surface area contributed by atoms with Crippen molar-refractivity contribution in [2.75, 3.05) is 6.61 Å². The third-order valence-corrected chi connectivity index (χ3v) is 3.07. The van der Waals surface area contributed by atoms with Gasteiger partial charge in [-0.1, -0.05) is 11.6 Å². The van der Waals surface area contributed by atoms with Crippen LogP contribution in [0.15, 0.2) is 18.5 Å². The van der Waals surface area contributed by atoms with Crippen molar-refractivity contribution in [1.82, 2.24) is 9.97 Å². The van der Waals surface area contributed by atoms with Crippen LogP contribution in [-0.2, 0) is 5.54 Å². The van der Waals surface area contributed by atoms with Crippen LogP contribution in [0.2, 0.25) is 5.15 Å². The minimum atomic E-state index is -2.94. The smallest absolute Gasteiger partial charge is 0.278 e. The molecule has 4 nitrogen and oxygen atoms in total. The minimum Gasteiger partial charge on any atom is -0.471 e. The second-order valence-corrected chi connectivity index (χ2v) is 6.00. The van der Waals surface area contributed by atoms with E-state index in [9.17, 15) is 8.78 Å². The Labute approximate surface area is 126 Å². The second kappa shape index (κ2) is 5.35. The van der Waals surface area contributed by atoms with Gasteiger partial charge in [0, 0.05) is 24.9 Å². The molecule has 0 aliphatic carbocycles. The summed E-state index contributed by atoms with van der Waals surface area (Å²) in [6.07, 6.45) is 2.96. The third-order valence-electron chi connectivity index (χ3n) is 2.86. The van der Waals surface area contributed by atoms with Crippen molar-refractivity contribution in [2.45, 2.75) is 32.2 Å². The van der Waals surface area contributed by atoms with E-state index in [1.165, 1.54) is 12.4 Å². The highest BCUT2D eigenvalue weighted by molar-refractivity contribution is 6.30. The Morgan fingerprint density at radius 1 is 1.19 bits per heavy atom. The van der Waals surface area contributed by atoms with Crippen LogP contribution in [-0.4, -0.2) is 22.5 Å². The molecule has 114 valence electrons. The molecule has 0 aliphatic rings. The third kappa shape index (κ3) is 3.77. The summed E-state index contributed by atoms with van der Waals surface area (Å²) >= 11 is 5.91. The zero-order valence-corrected chi connectivity index (χ0v) is 12.7. The Morgan fingerprint density at radius 2 is 1.86 bits per heavy atom. The topological polar surface area (TPSA) is 61.0 Å². The van der Waals surface area contributed by atoms with Crippen LogP contribution in [0.25, 0.3) is 10.8 Å². The van der Waals surface area contributed by atoms with Crippen molar-refractivity contribution in [3.05, 3.63) is 29.2 Å². The first-order valence-electron chi connectivity index (χ1n) is 6.32. The van der Waals surface area contributed by atoms with Crippen molar-refractivity contribution >= 4 is 22.4 Å². The molecule has 2 rings (SSSR count). The maximum absolute atomic E-state index is 12.9. The molecule has 2 aromatic rings. The number of alkyl halides is 2. The van der Waals surface area contributed by atoms with Gasteiger partial charge >= 0.3 is 0 Å². The summed E-state index contributed by atoms with van der Waals surface area (Å²) in [5, 5.41) is 1.47. The number of pyridine rings is 2. The van der Waals surface area contributed by atoms with Crippen molar-refractivity contribution in [3.63, 3.8) is 0 Å². The SMILES string of the molecule is CC(F)(F)COc1ncc(C(C)(C)N)c2cc(Cl)ncc12. The molecule has 0 unspecified atom stereocenters. The monoisotopic (exact) mass is 315 g/mol. The number of nitrogens with zero attached hydrogens (tertiary/aromatic N) is 2. The largest absolute Gasteiger partial charge is 0.471 e. The molecule has 0 amide bonds. The van der Waals surface area contributed by atoms with Gasteiger partial charge in [-0.05, 0) is 30.9 Å². The molecule has 2 aromatic heterocycles. The van der Waals surface area contributed by atoms with Gasteiger partial charge in [0.05, 0.1) is 5.39 Å². The molecule has 7 heteroatoms. The molecular formula is C14H16ClF2N3O. The van der Waals surface area contributed by atoms with Gasteiger partial charge < -0.3 is 10.5 Å². The van der Waals surface area contributed by atoms with Crippen LogP contribution in [0.3, 0.4) is 0 Å². The molecule has 0 aromatic carbocycles. The van der Waals surface area contributed by atoms with E-state index in [0.29, 0.717) is 10.8 Å². The van der Waals surface area contributed by atoms with Crippen molar-refractivity contribution in [3.8, 4) is 5.88 Å². The first-order valence-corrected chi connectivity index (χ1v) is 6.70. The van der Waals surface area contributed by atoms with E-state index in [0.717, 1.165) is 12.5 Å². The normalized spacial score (nSPS) is 12.7. The average Bonchev–Trinajstić information content (AvgIpc) is 2.33. The number of nitrogens with two attached hydrogens (primary N) is 1. The van der Waals surface area contributed by atoms with E-state index < -0.39 is 18.1 Å². The van der Waals surface area contributed by atoms with Crippen LogP contribution >= 0.6 is 11.6 Å². The molecule has 0 saturated carbocycles. The molecule has 2 N–H and O–H groups in total. The van der Waals surface area contributed by atoms with Gasteiger partial charge in [0.25, 0.3) is 5.92 Å². The number of fused-ring (bicyclic) bond motifs is 1. The lowest BCUT2D eigenvalue weighted by atomic mass is 9.93. The molecular weight excluding hydrogens is 300 g/mol. The number of rotatable bonds is 4.